The molecule has 0 aromatic heterocycles. The van der Waals surface area contributed by atoms with Crippen LogP contribution in [0.1, 0.15) is 71.3 Å². The van der Waals surface area contributed by atoms with Crippen molar-refractivity contribution in [3.8, 4) is 0 Å². The van der Waals surface area contributed by atoms with Crippen molar-refractivity contribution >= 4 is 11.8 Å². The Labute approximate surface area is 216 Å². The van der Waals surface area contributed by atoms with Gasteiger partial charge in [0.25, 0.3) is 0 Å². The van der Waals surface area contributed by atoms with Gasteiger partial charge in [-0.25, -0.2) is 0 Å². The van der Waals surface area contributed by atoms with E-state index in [2.05, 4.69) is 75.4 Å². The molecule has 0 spiro atoms. The minimum Gasteiger partial charge on any atom is -0.396 e. The smallest absolute Gasteiger partial charge is 0.0724 e. The SMILES string of the molecule is CC(C)(CCC[C@@H](CO)[C@H]1CC[C@H]2[C@@H](Sc3ccccc3)[C@H](O)CC[C@]12C)OCc1ccccc1. The molecule has 2 saturated carbocycles. The lowest BCUT2D eigenvalue weighted by atomic mass is 9.61. The summed E-state index contributed by atoms with van der Waals surface area (Å²) in [4.78, 5) is 1.25. The Bertz CT molecular complexity index is 902. The summed E-state index contributed by atoms with van der Waals surface area (Å²) in [5, 5.41) is 21.6. The normalized spacial score (nSPS) is 29.6. The van der Waals surface area contributed by atoms with Crippen LogP contribution in [0.2, 0.25) is 0 Å². The van der Waals surface area contributed by atoms with E-state index in [1.54, 1.807) is 0 Å². The molecular formula is C31H44O3S. The van der Waals surface area contributed by atoms with E-state index < -0.39 is 0 Å². The van der Waals surface area contributed by atoms with Crippen LogP contribution in [-0.4, -0.2) is 33.8 Å². The molecule has 2 aromatic carbocycles. The number of aliphatic hydroxyl groups excluding tert-OH is 2. The summed E-state index contributed by atoms with van der Waals surface area (Å²) in [6.45, 7) is 7.73. The minimum absolute atomic E-state index is 0.176. The summed E-state index contributed by atoms with van der Waals surface area (Å²) in [5.74, 6) is 1.35. The van der Waals surface area contributed by atoms with E-state index in [0.717, 1.165) is 38.5 Å². The highest BCUT2D eigenvalue weighted by Gasteiger charge is 2.55. The number of fused-ring (bicyclic) bond motifs is 1. The number of ether oxygens (including phenoxy) is 1. The number of hydrogen-bond donors (Lipinski definition) is 2. The molecule has 0 amide bonds. The molecule has 4 rings (SSSR count). The first-order valence-electron chi connectivity index (χ1n) is 13.5. The van der Waals surface area contributed by atoms with Crippen LogP contribution in [0.3, 0.4) is 0 Å². The summed E-state index contributed by atoms with van der Waals surface area (Å²) >= 11 is 1.86. The number of rotatable bonds is 11. The molecule has 3 nitrogen and oxygen atoms in total. The predicted octanol–water partition coefficient (Wildman–Crippen LogP) is 7.11. The maximum Gasteiger partial charge on any atom is 0.0724 e. The van der Waals surface area contributed by atoms with Crippen LogP contribution in [0, 0.1) is 23.2 Å². The average Bonchev–Trinajstić information content (AvgIpc) is 3.21. The van der Waals surface area contributed by atoms with Gasteiger partial charge in [-0.05, 0) is 93.2 Å². The first-order valence-corrected chi connectivity index (χ1v) is 14.4. The molecule has 0 heterocycles. The third-order valence-corrected chi connectivity index (χ3v) is 10.3. The maximum atomic E-state index is 11.0. The van der Waals surface area contributed by atoms with E-state index in [1.165, 1.54) is 16.9 Å². The van der Waals surface area contributed by atoms with Gasteiger partial charge in [0.1, 0.15) is 0 Å². The van der Waals surface area contributed by atoms with Gasteiger partial charge >= 0.3 is 0 Å². The number of thioether (sulfide) groups is 1. The molecule has 2 aliphatic rings. The molecule has 0 saturated heterocycles. The zero-order chi connectivity index (χ0) is 24.9. The summed E-state index contributed by atoms with van der Waals surface area (Å²) in [6, 6.07) is 20.9. The second-order valence-corrected chi connectivity index (χ2v) is 12.9. The van der Waals surface area contributed by atoms with Gasteiger partial charge in [-0.2, -0.15) is 0 Å². The van der Waals surface area contributed by atoms with Crippen LogP contribution in [0.5, 0.6) is 0 Å². The Hall–Kier alpha value is -1.33. The molecular weight excluding hydrogens is 452 g/mol. The van der Waals surface area contributed by atoms with Crippen molar-refractivity contribution in [3.05, 3.63) is 66.2 Å². The highest BCUT2D eigenvalue weighted by molar-refractivity contribution is 8.00. The summed E-state index contributed by atoms with van der Waals surface area (Å²) < 4.78 is 6.25. The number of benzene rings is 2. The molecule has 192 valence electrons. The highest BCUT2D eigenvalue weighted by Crippen LogP contribution is 2.61. The minimum atomic E-state index is -0.243. The van der Waals surface area contributed by atoms with Crippen LogP contribution >= 0.6 is 11.8 Å². The predicted molar refractivity (Wildman–Crippen MR) is 145 cm³/mol. The molecule has 2 fully saturated rings. The van der Waals surface area contributed by atoms with Crippen molar-refractivity contribution in [1.29, 1.82) is 0 Å². The standard InChI is InChI=1S/C31H44O3S/c1-30(2,34-22-23-11-6-4-7-12-23)19-10-13-24(21-32)26-16-17-27-29(28(33)18-20-31(26,27)3)35-25-14-8-5-9-15-25/h4-9,11-12,14-15,24,26-29,32-33H,10,13,16-22H2,1-3H3/t24-,26+,27-,28+,29+,31+/m0/s1. The van der Waals surface area contributed by atoms with Gasteiger partial charge in [0.05, 0.1) is 18.3 Å². The Kier molecular flexibility index (Phi) is 9.02. The Morgan fingerprint density at radius 2 is 1.71 bits per heavy atom. The molecule has 0 aliphatic heterocycles. The van der Waals surface area contributed by atoms with E-state index >= 15 is 0 Å². The zero-order valence-corrected chi connectivity index (χ0v) is 22.6. The molecule has 35 heavy (non-hydrogen) atoms. The topological polar surface area (TPSA) is 49.7 Å². The van der Waals surface area contributed by atoms with Crippen molar-refractivity contribution in [2.24, 2.45) is 23.2 Å². The lowest BCUT2D eigenvalue weighted by Crippen LogP contribution is -2.47. The highest BCUT2D eigenvalue weighted by atomic mass is 32.2. The van der Waals surface area contributed by atoms with Crippen molar-refractivity contribution in [2.45, 2.75) is 94.2 Å². The third-order valence-electron chi connectivity index (χ3n) is 8.88. The Morgan fingerprint density at radius 3 is 2.40 bits per heavy atom. The second kappa shape index (κ2) is 11.8. The van der Waals surface area contributed by atoms with Gasteiger partial charge in [-0.3, -0.25) is 0 Å². The Morgan fingerprint density at radius 1 is 1.03 bits per heavy atom. The molecule has 2 aromatic rings. The largest absolute Gasteiger partial charge is 0.396 e. The van der Waals surface area contributed by atoms with E-state index in [9.17, 15) is 10.2 Å². The molecule has 0 radical (unpaired) electrons. The zero-order valence-electron chi connectivity index (χ0n) is 21.7. The molecule has 0 unspecified atom stereocenters. The van der Waals surface area contributed by atoms with Crippen molar-refractivity contribution in [3.63, 3.8) is 0 Å². The summed E-state index contributed by atoms with van der Waals surface area (Å²) in [5.41, 5.74) is 1.23. The monoisotopic (exact) mass is 496 g/mol. The van der Waals surface area contributed by atoms with Crippen LogP contribution in [-0.2, 0) is 11.3 Å². The van der Waals surface area contributed by atoms with Gasteiger partial charge in [-0.1, -0.05) is 61.9 Å². The van der Waals surface area contributed by atoms with E-state index in [1.807, 2.05) is 17.8 Å². The quantitative estimate of drug-likeness (QED) is 0.348. The first-order chi connectivity index (χ1) is 16.8. The van der Waals surface area contributed by atoms with Crippen molar-refractivity contribution in [2.75, 3.05) is 6.61 Å². The average molecular weight is 497 g/mol. The van der Waals surface area contributed by atoms with Gasteiger partial charge in [-0.15, -0.1) is 11.8 Å². The fourth-order valence-corrected chi connectivity index (χ4v) is 8.35. The first kappa shape index (κ1) is 26.7. The molecule has 2 N–H and O–H groups in total. The molecule has 2 aliphatic carbocycles. The van der Waals surface area contributed by atoms with Gasteiger partial charge in [0.15, 0.2) is 0 Å². The van der Waals surface area contributed by atoms with Crippen LogP contribution in [0.25, 0.3) is 0 Å². The summed E-state index contributed by atoms with van der Waals surface area (Å²) in [6.07, 6.45) is 7.12. The van der Waals surface area contributed by atoms with E-state index in [-0.39, 0.29) is 29.0 Å². The second-order valence-electron chi connectivity index (χ2n) is 11.7. The van der Waals surface area contributed by atoms with Gasteiger partial charge in [0, 0.05) is 16.8 Å². The fourth-order valence-electron chi connectivity index (χ4n) is 6.82. The van der Waals surface area contributed by atoms with E-state index in [0.29, 0.717) is 24.4 Å². The van der Waals surface area contributed by atoms with Crippen LogP contribution < -0.4 is 0 Å². The van der Waals surface area contributed by atoms with Crippen LogP contribution in [0.15, 0.2) is 65.6 Å². The van der Waals surface area contributed by atoms with E-state index in [4.69, 9.17) is 4.74 Å². The molecule has 6 atom stereocenters. The number of hydrogen-bond acceptors (Lipinski definition) is 4. The molecule has 0 bridgehead atoms. The number of aliphatic hydroxyl groups is 2. The van der Waals surface area contributed by atoms with Gasteiger partial charge in [0.2, 0.25) is 0 Å². The summed E-state index contributed by atoms with van der Waals surface area (Å²) in [7, 11) is 0. The van der Waals surface area contributed by atoms with Gasteiger partial charge < -0.3 is 14.9 Å². The third kappa shape index (κ3) is 6.52. The lowest BCUT2D eigenvalue weighted by molar-refractivity contribution is -0.0400. The molecule has 4 heteroatoms. The maximum absolute atomic E-state index is 11.0. The van der Waals surface area contributed by atoms with Crippen molar-refractivity contribution < 1.29 is 14.9 Å². The fraction of sp³-hybridized carbons (Fsp3) is 0.613. The van der Waals surface area contributed by atoms with Crippen LogP contribution in [0.4, 0.5) is 0 Å². The van der Waals surface area contributed by atoms with Crippen molar-refractivity contribution in [1.82, 2.24) is 0 Å². The lowest BCUT2D eigenvalue weighted by Gasteiger charge is -2.48. The Balaban J connectivity index is 1.34.